The second-order valence-electron chi connectivity index (χ2n) is 5.50. The largest absolute Gasteiger partial charge is 0.467 e. The van der Waals surface area contributed by atoms with Crippen molar-refractivity contribution in [3.63, 3.8) is 0 Å². The van der Waals surface area contributed by atoms with Crippen molar-refractivity contribution in [1.29, 1.82) is 0 Å². The molecule has 2 heterocycles. The van der Waals surface area contributed by atoms with Gasteiger partial charge in [-0.3, -0.25) is 9.59 Å². The highest BCUT2D eigenvalue weighted by Gasteiger charge is 2.33. The summed E-state index contributed by atoms with van der Waals surface area (Å²) in [5.41, 5.74) is 0. The van der Waals surface area contributed by atoms with Crippen LogP contribution in [0, 0.1) is 0 Å². The predicted octanol–water partition coefficient (Wildman–Crippen LogP) is 0.832. The molecule has 0 aliphatic carbocycles. The maximum atomic E-state index is 12.0. The van der Waals surface area contributed by atoms with Crippen molar-refractivity contribution in [3.8, 4) is 0 Å². The van der Waals surface area contributed by atoms with Crippen molar-refractivity contribution in [2.24, 2.45) is 0 Å². The number of ether oxygens (including phenoxy) is 1. The third-order valence-corrected chi connectivity index (χ3v) is 4.93. The predicted molar refractivity (Wildman–Crippen MR) is 89.0 cm³/mol. The van der Waals surface area contributed by atoms with E-state index in [0.717, 1.165) is 12.2 Å². The van der Waals surface area contributed by atoms with Gasteiger partial charge in [0.05, 0.1) is 12.9 Å². The monoisotopic (exact) mass is 354 g/mol. The van der Waals surface area contributed by atoms with E-state index in [4.69, 9.17) is 4.74 Å². The summed E-state index contributed by atoms with van der Waals surface area (Å²) >= 11 is 1.55. The van der Waals surface area contributed by atoms with Crippen molar-refractivity contribution in [2.45, 2.75) is 37.6 Å². The molecule has 0 bridgehead atoms. The Morgan fingerprint density at radius 3 is 2.96 bits per heavy atom. The molecule has 2 amide bonds. The van der Waals surface area contributed by atoms with Crippen LogP contribution in [0.25, 0.3) is 0 Å². The van der Waals surface area contributed by atoms with Crippen LogP contribution in [0.4, 0.5) is 0 Å². The van der Waals surface area contributed by atoms with E-state index in [1.165, 1.54) is 14.0 Å². The smallest absolute Gasteiger partial charge is 0.328 e. The minimum atomic E-state index is -0.642. The summed E-state index contributed by atoms with van der Waals surface area (Å²) in [6, 6.07) is -0.642. The number of carbonyl (C=O) groups is 3. The van der Waals surface area contributed by atoms with E-state index in [1.807, 2.05) is 0 Å². The summed E-state index contributed by atoms with van der Waals surface area (Å²) in [7, 11) is 1.30. The number of esters is 1. The van der Waals surface area contributed by atoms with E-state index < -0.39 is 12.0 Å². The van der Waals surface area contributed by atoms with Crippen LogP contribution in [0.5, 0.6) is 0 Å². The highest BCUT2D eigenvalue weighted by Crippen LogP contribution is 2.36. The molecule has 24 heavy (non-hydrogen) atoms. The summed E-state index contributed by atoms with van der Waals surface area (Å²) in [5, 5.41) is 2.50. The Bertz CT molecular complexity index is 578. The van der Waals surface area contributed by atoms with E-state index in [-0.39, 0.29) is 17.2 Å². The van der Waals surface area contributed by atoms with Gasteiger partial charge in [0.1, 0.15) is 17.2 Å². The molecule has 2 rings (SSSR count). The number of unbranched alkanes of at least 4 members (excludes halogenated alkanes) is 1. The number of hydrogen-bond donors (Lipinski definition) is 2. The van der Waals surface area contributed by atoms with Crippen LogP contribution < -0.4 is 5.32 Å². The Morgan fingerprint density at radius 1 is 1.54 bits per heavy atom. The molecule has 8 nitrogen and oxygen atoms in total. The van der Waals surface area contributed by atoms with Crippen molar-refractivity contribution >= 4 is 29.5 Å². The summed E-state index contributed by atoms with van der Waals surface area (Å²) < 4.78 is 4.69. The molecular formula is C15H22N4O4S. The molecule has 2 unspecified atom stereocenters. The number of hydrogen-bond acceptors (Lipinski definition) is 6. The third-order valence-electron chi connectivity index (χ3n) is 3.73. The fraction of sp³-hybridized carbons (Fsp3) is 0.600. The van der Waals surface area contributed by atoms with Gasteiger partial charge in [0.25, 0.3) is 0 Å². The minimum Gasteiger partial charge on any atom is -0.467 e. The molecular weight excluding hydrogens is 332 g/mol. The van der Waals surface area contributed by atoms with Crippen LogP contribution in [0.3, 0.4) is 0 Å². The molecule has 1 saturated heterocycles. The van der Waals surface area contributed by atoms with Gasteiger partial charge in [-0.1, -0.05) is 0 Å². The van der Waals surface area contributed by atoms with E-state index in [9.17, 15) is 14.4 Å². The molecule has 2 N–H and O–H groups in total. The Hall–Kier alpha value is -2.03. The topological polar surface area (TPSA) is 104 Å². The van der Waals surface area contributed by atoms with E-state index in [0.29, 0.717) is 25.1 Å². The van der Waals surface area contributed by atoms with Crippen LogP contribution in [0.2, 0.25) is 0 Å². The molecule has 0 aromatic carbocycles. The molecule has 2 atom stereocenters. The number of H-pyrrole nitrogens is 1. The van der Waals surface area contributed by atoms with Crippen LogP contribution in [-0.4, -0.2) is 58.1 Å². The second kappa shape index (κ2) is 8.72. The minimum absolute atomic E-state index is 0.0840. The lowest BCUT2D eigenvalue weighted by atomic mass is 10.1. The molecule has 132 valence electrons. The number of nitrogens with zero attached hydrogens (tertiary/aromatic N) is 2. The number of aromatic nitrogens is 2. The van der Waals surface area contributed by atoms with E-state index >= 15 is 0 Å². The first-order chi connectivity index (χ1) is 11.5. The number of aromatic amines is 1. The fourth-order valence-corrected chi connectivity index (χ4v) is 3.76. The molecule has 1 aromatic rings. The van der Waals surface area contributed by atoms with Crippen LogP contribution in [-0.2, 0) is 19.1 Å². The molecule has 9 heteroatoms. The van der Waals surface area contributed by atoms with Gasteiger partial charge < -0.3 is 19.9 Å². The average molecular weight is 354 g/mol. The molecule has 1 aliphatic rings. The summed E-state index contributed by atoms with van der Waals surface area (Å²) in [6.45, 7) is 1.95. The van der Waals surface area contributed by atoms with Gasteiger partial charge in [-0.15, -0.1) is 11.8 Å². The van der Waals surface area contributed by atoms with Gasteiger partial charge in [0.2, 0.25) is 11.8 Å². The maximum absolute atomic E-state index is 12.0. The van der Waals surface area contributed by atoms with Crippen molar-refractivity contribution < 1.29 is 19.1 Å². The first-order valence-corrected chi connectivity index (χ1v) is 8.83. The Labute approximate surface area is 144 Å². The molecule has 0 radical (unpaired) electrons. The normalized spacial score (nSPS) is 18.5. The zero-order valence-electron chi connectivity index (χ0n) is 13.8. The molecule has 1 fully saturated rings. The number of nitrogens with one attached hydrogen (secondary N) is 2. The van der Waals surface area contributed by atoms with Crippen LogP contribution >= 0.6 is 11.8 Å². The highest BCUT2D eigenvalue weighted by molar-refractivity contribution is 8.00. The fourth-order valence-electron chi connectivity index (χ4n) is 2.60. The van der Waals surface area contributed by atoms with Crippen LogP contribution in [0.1, 0.15) is 37.4 Å². The first-order valence-electron chi connectivity index (χ1n) is 7.78. The van der Waals surface area contributed by atoms with Gasteiger partial charge >= 0.3 is 5.97 Å². The number of imidazole rings is 1. The average Bonchev–Trinajstić information content (AvgIpc) is 3.19. The Morgan fingerprint density at radius 2 is 2.33 bits per heavy atom. The van der Waals surface area contributed by atoms with E-state index in [1.54, 1.807) is 29.1 Å². The molecule has 1 aromatic heterocycles. The van der Waals surface area contributed by atoms with Gasteiger partial charge in [0, 0.05) is 25.9 Å². The summed E-state index contributed by atoms with van der Waals surface area (Å²) in [5.74, 6) is 0.590. The summed E-state index contributed by atoms with van der Waals surface area (Å²) in [6.07, 6.45) is 5.32. The van der Waals surface area contributed by atoms with Gasteiger partial charge in [-0.25, -0.2) is 9.78 Å². The van der Waals surface area contributed by atoms with Gasteiger partial charge in [-0.2, -0.15) is 0 Å². The second-order valence-corrected chi connectivity index (χ2v) is 6.57. The van der Waals surface area contributed by atoms with Crippen molar-refractivity contribution in [2.75, 3.05) is 19.4 Å². The number of amides is 2. The lowest BCUT2D eigenvalue weighted by Gasteiger charge is -2.22. The SMILES string of the molecule is COC(=O)C(CCCCN1C(=O)CSC1c1ncc[nH]1)NC(C)=O. The number of thioether (sulfide) groups is 1. The van der Waals surface area contributed by atoms with Crippen LogP contribution in [0.15, 0.2) is 12.4 Å². The van der Waals surface area contributed by atoms with Crippen molar-refractivity contribution in [3.05, 3.63) is 18.2 Å². The lowest BCUT2D eigenvalue weighted by Crippen LogP contribution is -2.40. The maximum Gasteiger partial charge on any atom is 0.328 e. The zero-order valence-corrected chi connectivity index (χ0v) is 14.6. The first kappa shape index (κ1) is 18.3. The number of carbonyl (C=O) groups excluding carboxylic acids is 3. The molecule has 0 saturated carbocycles. The molecule has 0 spiro atoms. The Balaban J connectivity index is 1.82. The number of rotatable bonds is 8. The number of methoxy groups -OCH3 is 1. The standard InChI is InChI=1S/C15H22N4O4S/c1-10(20)18-11(15(22)23-2)5-3-4-8-19-12(21)9-24-14(19)13-16-6-7-17-13/h6-7,11,14H,3-5,8-9H2,1-2H3,(H,16,17)(H,18,20). The van der Waals surface area contributed by atoms with Gasteiger partial charge in [0.15, 0.2) is 0 Å². The lowest BCUT2D eigenvalue weighted by molar-refractivity contribution is -0.145. The third kappa shape index (κ3) is 4.73. The summed E-state index contributed by atoms with van der Waals surface area (Å²) in [4.78, 5) is 43.9. The van der Waals surface area contributed by atoms with E-state index in [2.05, 4.69) is 15.3 Å². The van der Waals surface area contributed by atoms with Gasteiger partial charge in [-0.05, 0) is 19.3 Å². The van der Waals surface area contributed by atoms with Crippen molar-refractivity contribution in [1.82, 2.24) is 20.2 Å². The highest BCUT2D eigenvalue weighted by atomic mass is 32.2. The quantitative estimate of drug-likeness (QED) is 0.529. The molecule has 1 aliphatic heterocycles. The zero-order chi connectivity index (χ0) is 17.5. The Kier molecular flexibility index (Phi) is 6.65.